The van der Waals surface area contributed by atoms with Gasteiger partial charge in [-0.25, -0.2) is 13.2 Å². The highest BCUT2D eigenvalue weighted by Gasteiger charge is 2.10. The molecule has 1 aromatic carbocycles. The highest BCUT2D eigenvalue weighted by Crippen LogP contribution is 2.19. The van der Waals surface area contributed by atoms with Gasteiger partial charge in [0.05, 0.1) is 24.1 Å². The number of hydrogen-bond acceptors (Lipinski definition) is 3. The maximum Gasteiger partial charge on any atom is 0.182 e. The van der Waals surface area contributed by atoms with Crippen molar-refractivity contribution >= 4 is 5.69 Å². The van der Waals surface area contributed by atoms with Crippen LogP contribution < -0.4 is 5.32 Å². The molecule has 0 atom stereocenters. The van der Waals surface area contributed by atoms with Crippen molar-refractivity contribution in [3.8, 4) is 5.75 Å². The van der Waals surface area contributed by atoms with Crippen molar-refractivity contribution in [3.05, 3.63) is 53.6 Å². The first kappa shape index (κ1) is 12.2. The number of nitrogens with one attached hydrogen (secondary N) is 1. The van der Waals surface area contributed by atoms with Crippen molar-refractivity contribution in [2.45, 2.75) is 6.54 Å². The molecule has 1 heterocycles. The molecule has 0 saturated heterocycles. The summed E-state index contributed by atoms with van der Waals surface area (Å²) in [5.74, 6) is -3.26. The first-order valence-electron chi connectivity index (χ1n) is 5.08. The molecule has 0 amide bonds. The molecule has 0 aliphatic carbocycles. The molecule has 2 rings (SSSR count). The largest absolute Gasteiger partial charge is 0.506 e. The molecule has 0 unspecified atom stereocenters. The zero-order valence-corrected chi connectivity index (χ0v) is 9.12. The number of anilines is 1. The van der Waals surface area contributed by atoms with Crippen LogP contribution in [0.3, 0.4) is 0 Å². The van der Waals surface area contributed by atoms with Crippen molar-refractivity contribution in [1.29, 1.82) is 0 Å². The molecule has 94 valence electrons. The van der Waals surface area contributed by atoms with Crippen LogP contribution in [0, 0.1) is 17.5 Å². The van der Waals surface area contributed by atoms with Crippen LogP contribution in [0.2, 0.25) is 0 Å². The zero-order chi connectivity index (χ0) is 13.1. The van der Waals surface area contributed by atoms with E-state index in [2.05, 4.69) is 10.3 Å². The fourth-order valence-corrected chi connectivity index (χ4v) is 1.39. The number of nitrogens with zero attached hydrogens (tertiary/aromatic N) is 1. The molecule has 2 N–H and O–H groups in total. The van der Waals surface area contributed by atoms with Gasteiger partial charge in [-0.05, 0) is 12.1 Å². The monoisotopic (exact) mass is 254 g/mol. The predicted molar refractivity (Wildman–Crippen MR) is 59.5 cm³/mol. The van der Waals surface area contributed by atoms with Gasteiger partial charge in [-0.3, -0.25) is 4.98 Å². The molecule has 0 spiro atoms. The molecule has 0 fully saturated rings. The summed E-state index contributed by atoms with van der Waals surface area (Å²) in [7, 11) is 0. The second kappa shape index (κ2) is 4.95. The van der Waals surface area contributed by atoms with E-state index in [-0.39, 0.29) is 18.0 Å². The maximum atomic E-state index is 13.3. The molecule has 3 nitrogen and oxygen atoms in total. The van der Waals surface area contributed by atoms with Crippen molar-refractivity contribution < 1.29 is 18.3 Å². The fraction of sp³-hybridized carbons (Fsp3) is 0.0833. The van der Waals surface area contributed by atoms with Gasteiger partial charge in [0.25, 0.3) is 0 Å². The summed E-state index contributed by atoms with van der Waals surface area (Å²) >= 11 is 0. The lowest BCUT2D eigenvalue weighted by atomic mass is 10.2. The van der Waals surface area contributed by atoms with Crippen LogP contribution in [0.4, 0.5) is 18.9 Å². The van der Waals surface area contributed by atoms with Gasteiger partial charge < -0.3 is 10.4 Å². The molecule has 0 bridgehead atoms. The molecule has 0 aliphatic heterocycles. The van der Waals surface area contributed by atoms with Crippen molar-refractivity contribution in [1.82, 2.24) is 4.98 Å². The van der Waals surface area contributed by atoms with E-state index in [4.69, 9.17) is 5.11 Å². The summed E-state index contributed by atoms with van der Waals surface area (Å²) in [6.45, 7) is 0.0834. The molecule has 0 radical (unpaired) electrons. The van der Waals surface area contributed by atoms with E-state index in [1.165, 1.54) is 18.3 Å². The molecule has 1 aromatic heterocycles. The molecule has 18 heavy (non-hydrogen) atoms. The second-order valence-electron chi connectivity index (χ2n) is 3.61. The van der Waals surface area contributed by atoms with Gasteiger partial charge in [-0.1, -0.05) is 0 Å². The second-order valence-corrected chi connectivity index (χ2v) is 3.61. The van der Waals surface area contributed by atoms with Crippen LogP contribution >= 0.6 is 0 Å². The number of aromatic nitrogens is 1. The molecule has 2 aromatic rings. The Bertz CT molecular complexity index is 558. The minimum absolute atomic E-state index is 0.00160. The Balaban J connectivity index is 2.13. The topological polar surface area (TPSA) is 45.1 Å². The fourth-order valence-electron chi connectivity index (χ4n) is 1.39. The quantitative estimate of drug-likeness (QED) is 0.828. The van der Waals surface area contributed by atoms with Crippen LogP contribution in [-0.4, -0.2) is 10.1 Å². The smallest absolute Gasteiger partial charge is 0.182 e. The van der Waals surface area contributed by atoms with Crippen LogP contribution in [0.5, 0.6) is 5.75 Å². The first-order chi connectivity index (χ1) is 8.56. The van der Waals surface area contributed by atoms with E-state index in [1.807, 2.05) is 0 Å². The average molecular weight is 254 g/mol. The van der Waals surface area contributed by atoms with Crippen LogP contribution in [0.25, 0.3) is 0 Å². The highest BCUT2D eigenvalue weighted by molar-refractivity contribution is 5.45. The van der Waals surface area contributed by atoms with E-state index in [0.29, 0.717) is 11.8 Å². The van der Waals surface area contributed by atoms with Gasteiger partial charge in [0.2, 0.25) is 0 Å². The Morgan fingerprint density at radius 1 is 1.17 bits per heavy atom. The number of pyridine rings is 1. The average Bonchev–Trinajstić information content (AvgIpc) is 2.34. The summed E-state index contributed by atoms with van der Waals surface area (Å²) in [5.41, 5.74) is 0.222. The maximum absolute atomic E-state index is 13.3. The normalized spacial score (nSPS) is 10.4. The minimum atomic E-state index is -1.25. The molecule has 6 heteroatoms. The van der Waals surface area contributed by atoms with E-state index >= 15 is 0 Å². The number of hydrogen-bond donors (Lipinski definition) is 2. The Hall–Kier alpha value is -2.24. The van der Waals surface area contributed by atoms with Crippen molar-refractivity contribution in [2.75, 3.05) is 5.32 Å². The van der Waals surface area contributed by atoms with E-state index in [0.717, 1.165) is 6.07 Å². The predicted octanol–water partition coefficient (Wildman–Crippen LogP) is 2.82. The van der Waals surface area contributed by atoms with E-state index in [9.17, 15) is 13.2 Å². The SMILES string of the molecule is Oc1ccc(CNc2cc(F)cc(F)c2F)nc1. The molecular formula is C12H9F3N2O. The third-order valence-electron chi connectivity index (χ3n) is 2.26. The molecular weight excluding hydrogens is 245 g/mol. The van der Waals surface area contributed by atoms with E-state index in [1.54, 1.807) is 0 Å². The van der Waals surface area contributed by atoms with Gasteiger partial charge in [0, 0.05) is 12.1 Å². The number of rotatable bonds is 3. The summed E-state index contributed by atoms with van der Waals surface area (Å²) in [6, 6.07) is 4.25. The van der Waals surface area contributed by atoms with Gasteiger partial charge in [0.15, 0.2) is 11.6 Å². The minimum Gasteiger partial charge on any atom is -0.506 e. The Morgan fingerprint density at radius 2 is 1.94 bits per heavy atom. The number of aromatic hydroxyl groups is 1. The Morgan fingerprint density at radius 3 is 2.61 bits per heavy atom. The third kappa shape index (κ3) is 2.71. The van der Waals surface area contributed by atoms with Gasteiger partial charge in [0.1, 0.15) is 11.6 Å². The summed E-state index contributed by atoms with van der Waals surface area (Å²) < 4.78 is 39.1. The van der Waals surface area contributed by atoms with E-state index < -0.39 is 17.5 Å². The van der Waals surface area contributed by atoms with Gasteiger partial charge in [-0.15, -0.1) is 0 Å². The number of halogens is 3. The molecule has 0 aliphatic rings. The number of benzene rings is 1. The molecule has 0 saturated carbocycles. The van der Waals surface area contributed by atoms with Crippen molar-refractivity contribution in [3.63, 3.8) is 0 Å². The first-order valence-corrected chi connectivity index (χ1v) is 5.08. The highest BCUT2D eigenvalue weighted by atomic mass is 19.2. The van der Waals surface area contributed by atoms with Gasteiger partial charge >= 0.3 is 0 Å². The standard InChI is InChI=1S/C12H9F3N2O/c13-7-3-10(14)12(15)11(4-7)17-5-8-1-2-9(18)6-16-8/h1-4,6,17-18H,5H2. The van der Waals surface area contributed by atoms with Crippen LogP contribution in [0.15, 0.2) is 30.5 Å². The third-order valence-corrected chi connectivity index (χ3v) is 2.26. The lowest BCUT2D eigenvalue weighted by molar-refractivity contribution is 0.472. The summed E-state index contributed by atoms with van der Waals surface area (Å²) in [5, 5.41) is 11.5. The Labute approximate surface area is 101 Å². The van der Waals surface area contributed by atoms with Gasteiger partial charge in [-0.2, -0.15) is 0 Å². The van der Waals surface area contributed by atoms with Crippen molar-refractivity contribution in [2.24, 2.45) is 0 Å². The zero-order valence-electron chi connectivity index (χ0n) is 9.12. The summed E-state index contributed by atoms with van der Waals surface area (Å²) in [6.07, 6.45) is 1.22. The van der Waals surface area contributed by atoms with Crippen LogP contribution in [0.1, 0.15) is 5.69 Å². The Kier molecular flexibility index (Phi) is 3.36. The lowest BCUT2D eigenvalue weighted by Gasteiger charge is -2.08. The summed E-state index contributed by atoms with van der Waals surface area (Å²) in [4.78, 5) is 3.85. The lowest BCUT2D eigenvalue weighted by Crippen LogP contribution is -2.04. The van der Waals surface area contributed by atoms with Crippen LogP contribution in [-0.2, 0) is 6.54 Å².